The molecule has 0 aliphatic carbocycles. The highest BCUT2D eigenvalue weighted by atomic mass is 35.5. The molecule has 0 fully saturated rings. The van der Waals surface area contributed by atoms with E-state index in [4.69, 9.17) is 23.1 Å². The molecule has 1 aromatic carbocycles. The van der Waals surface area contributed by atoms with Crippen molar-refractivity contribution >= 4 is 50.5 Å². The van der Waals surface area contributed by atoms with Gasteiger partial charge in [-0.15, -0.1) is 11.3 Å². The van der Waals surface area contributed by atoms with Crippen LogP contribution in [0.2, 0.25) is 5.02 Å². The molecule has 7 heteroatoms. The number of hydrogen-bond donors (Lipinski definition) is 2. The molecule has 5 nitrogen and oxygen atoms in total. The molecule has 0 aliphatic rings. The van der Waals surface area contributed by atoms with Crippen molar-refractivity contribution in [1.29, 1.82) is 0 Å². The summed E-state index contributed by atoms with van der Waals surface area (Å²) in [6.07, 6.45) is 0. The topological polar surface area (TPSA) is 89.4 Å². The number of nitrogens with zero attached hydrogens (tertiary/aromatic N) is 1. The number of nitrogen functional groups attached to an aromatic ring is 1. The van der Waals surface area contributed by atoms with Crippen LogP contribution in [0, 0.1) is 0 Å². The van der Waals surface area contributed by atoms with Gasteiger partial charge < -0.3 is 16.4 Å². The van der Waals surface area contributed by atoms with Gasteiger partial charge in [-0.05, 0) is 18.2 Å². The van der Waals surface area contributed by atoms with E-state index >= 15 is 0 Å². The Kier molecular flexibility index (Phi) is 3.64. The summed E-state index contributed by atoms with van der Waals surface area (Å²) in [4.78, 5) is 24.6. The highest BCUT2D eigenvalue weighted by Crippen LogP contribution is 2.35. The van der Waals surface area contributed by atoms with E-state index in [1.165, 1.54) is 23.3 Å². The van der Waals surface area contributed by atoms with Crippen LogP contribution in [0.1, 0.15) is 9.67 Å². The van der Waals surface area contributed by atoms with Gasteiger partial charge in [0.2, 0.25) is 5.91 Å². The number of thiophene rings is 1. The minimum absolute atomic E-state index is 0.146. The molecular formula is C12H12ClN3O2S. The van der Waals surface area contributed by atoms with Crippen molar-refractivity contribution in [3.8, 4) is 0 Å². The Bertz CT molecular complexity index is 668. The van der Waals surface area contributed by atoms with Crippen LogP contribution in [0.4, 0.5) is 5.69 Å². The van der Waals surface area contributed by atoms with Crippen molar-refractivity contribution < 1.29 is 9.59 Å². The fraction of sp³-hybridized carbons (Fsp3) is 0.167. The van der Waals surface area contributed by atoms with E-state index in [0.29, 0.717) is 15.6 Å². The van der Waals surface area contributed by atoms with Crippen LogP contribution < -0.4 is 11.5 Å². The summed E-state index contributed by atoms with van der Waals surface area (Å²) >= 11 is 7.17. The normalized spacial score (nSPS) is 10.6. The number of carbonyl (C=O) groups is 2. The molecule has 19 heavy (non-hydrogen) atoms. The average Bonchev–Trinajstić information content (AvgIpc) is 2.65. The second kappa shape index (κ2) is 5.07. The molecule has 4 N–H and O–H groups in total. The summed E-state index contributed by atoms with van der Waals surface area (Å²) in [5, 5.41) is 1.30. The molecule has 1 aromatic heterocycles. The number of primary amides is 1. The van der Waals surface area contributed by atoms with Gasteiger partial charge in [-0.25, -0.2) is 0 Å². The third kappa shape index (κ3) is 2.64. The second-order valence-corrected chi connectivity index (χ2v) is 5.60. The van der Waals surface area contributed by atoms with Gasteiger partial charge in [0.15, 0.2) is 0 Å². The number of likely N-dealkylation sites (N-methyl/N-ethyl adjacent to an activating group) is 1. The molecule has 0 atom stereocenters. The highest BCUT2D eigenvalue weighted by Gasteiger charge is 2.20. The molecule has 2 amide bonds. The highest BCUT2D eigenvalue weighted by molar-refractivity contribution is 7.21. The predicted octanol–water partition coefficient (Wildman–Crippen LogP) is 1.69. The summed E-state index contributed by atoms with van der Waals surface area (Å²) in [6, 6.07) is 5.26. The van der Waals surface area contributed by atoms with Crippen molar-refractivity contribution in [2.24, 2.45) is 5.73 Å². The maximum Gasteiger partial charge on any atom is 0.266 e. The molecular weight excluding hydrogens is 286 g/mol. The minimum atomic E-state index is -0.571. The molecule has 0 bridgehead atoms. The number of benzene rings is 1. The number of fused-ring (bicyclic) bond motifs is 1. The van der Waals surface area contributed by atoms with Gasteiger partial charge in [0.05, 0.1) is 12.2 Å². The Morgan fingerprint density at radius 3 is 2.74 bits per heavy atom. The van der Waals surface area contributed by atoms with Crippen LogP contribution in [0.25, 0.3) is 10.1 Å². The lowest BCUT2D eigenvalue weighted by Crippen LogP contribution is -2.35. The van der Waals surface area contributed by atoms with E-state index in [1.54, 1.807) is 12.1 Å². The van der Waals surface area contributed by atoms with E-state index in [2.05, 4.69) is 0 Å². The van der Waals surface area contributed by atoms with Gasteiger partial charge in [-0.1, -0.05) is 11.6 Å². The number of nitrogens with two attached hydrogens (primary N) is 2. The van der Waals surface area contributed by atoms with Crippen LogP contribution in [0.5, 0.6) is 0 Å². The summed E-state index contributed by atoms with van der Waals surface area (Å²) in [7, 11) is 1.50. The number of amides is 2. The molecule has 0 saturated carbocycles. The first-order valence-electron chi connectivity index (χ1n) is 5.41. The molecule has 0 radical (unpaired) electrons. The van der Waals surface area contributed by atoms with Crippen LogP contribution in [0.15, 0.2) is 18.2 Å². The monoisotopic (exact) mass is 297 g/mol. The number of rotatable bonds is 3. The van der Waals surface area contributed by atoms with Crippen LogP contribution >= 0.6 is 22.9 Å². The SMILES string of the molecule is CN(CC(N)=O)C(=O)c1sc2ccc(Cl)cc2c1N. The van der Waals surface area contributed by atoms with E-state index < -0.39 is 5.91 Å². The maximum atomic E-state index is 12.2. The van der Waals surface area contributed by atoms with Crippen LogP contribution in [-0.2, 0) is 4.79 Å². The smallest absolute Gasteiger partial charge is 0.266 e. The summed E-state index contributed by atoms with van der Waals surface area (Å²) in [6.45, 7) is -0.146. The lowest BCUT2D eigenvalue weighted by Gasteiger charge is -2.14. The first kappa shape index (κ1) is 13.6. The zero-order chi connectivity index (χ0) is 14.2. The lowest BCUT2D eigenvalue weighted by atomic mass is 10.2. The quantitative estimate of drug-likeness (QED) is 0.903. The number of halogens is 1. The Hall–Kier alpha value is -1.79. The molecule has 0 aliphatic heterocycles. The summed E-state index contributed by atoms with van der Waals surface area (Å²) in [5.41, 5.74) is 11.4. The zero-order valence-corrected chi connectivity index (χ0v) is 11.7. The van der Waals surface area contributed by atoms with Gasteiger partial charge in [0.1, 0.15) is 4.88 Å². The molecule has 0 unspecified atom stereocenters. The van der Waals surface area contributed by atoms with E-state index in [0.717, 1.165) is 10.1 Å². The predicted molar refractivity (Wildman–Crippen MR) is 77.4 cm³/mol. The first-order chi connectivity index (χ1) is 8.90. The van der Waals surface area contributed by atoms with Gasteiger partial charge in [-0.2, -0.15) is 0 Å². The van der Waals surface area contributed by atoms with E-state index in [1.807, 2.05) is 6.07 Å². The number of carbonyl (C=O) groups excluding carboxylic acids is 2. The minimum Gasteiger partial charge on any atom is -0.397 e. The lowest BCUT2D eigenvalue weighted by molar-refractivity contribution is -0.118. The van der Waals surface area contributed by atoms with Crippen LogP contribution in [-0.4, -0.2) is 30.3 Å². The van der Waals surface area contributed by atoms with Crippen molar-refractivity contribution in [3.05, 3.63) is 28.1 Å². The molecule has 2 aromatic rings. The van der Waals surface area contributed by atoms with E-state index in [-0.39, 0.29) is 12.5 Å². The Morgan fingerprint density at radius 2 is 2.11 bits per heavy atom. The third-order valence-electron chi connectivity index (χ3n) is 2.62. The van der Waals surface area contributed by atoms with Gasteiger partial charge in [0.25, 0.3) is 5.91 Å². The van der Waals surface area contributed by atoms with Crippen molar-refractivity contribution in [1.82, 2.24) is 4.90 Å². The first-order valence-corrected chi connectivity index (χ1v) is 6.61. The van der Waals surface area contributed by atoms with Crippen LogP contribution in [0.3, 0.4) is 0 Å². The van der Waals surface area contributed by atoms with Crippen molar-refractivity contribution in [3.63, 3.8) is 0 Å². The molecule has 0 saturated heterocycles. The average molecular weight is 298 g/mol. The Labute approximate surface area is 118 Å². The zero-order valence-electron chi connectivity index (χ0n) is 10.1. The third-order valence-corrected chi connectivity index (χ3v) is 4.03. The molecule has 2 rings (SSSR count). The number of anilines is 1. The standard InChI is InChI=1S/C12H12ClN3O2S/c1-16(5-9(14)17)12(18)11-10(15)7-4-6(13)2-3-8(7)19-11/h2-4H,5,15H2,1H3,(H2,14,17). The largest absolute Gasteiger partial charge is 0.397 e. The maximum absolute atomic E-state index is 12.2. The molecule has 100 valence electrons. The van der Waals surface area contributed by atoms with Gasteiger partial charge in [0, 0.05) is 22.2 Å². The van der Waals surface area contributed by atoms with Crippen molar-refractivity contribution in [2.75, 3.05) is 19.3 Å². The second-order valence-electron chi connectivity index (χ2n) is 4.11. The Morgan fingerprint density at radius 1 is 1.42 bits per heavy atom. The Balaban J connectivity index is 2.42. The van der Waals surface area contributed by atoms with Gasteiger partial charge in [-0.3, -0.25) is 9.59 Å². The van der Waals surface area contributed by atoms with E-state index in [9.17, 15) is 9.59 Å². The fourth-order valence-corrected chi connectivity index (χ4v) is 3.00. The molecule has 1 heterocycles. The molecule has 0 spiro atoms. The summed E-state index contributed by atoms with van der Waals surface area (Å²) in [5.74, 6) is -0.896. The van der Waals surface area contributed by atoms with Crippen molar-refractivity contribution in [2.45, 2.75) is 0 Å². The summed E-state index contributed by atoms with van der Waals surface area (Å²) < 4.78 is 0.873. The van der Waals surface area contributed by atoms with Gasteiger partial charge >= 0.3 is 0 Å². The fourth-order valence-electron chi connectivity index (χ4n) is 1.73. The number of hydrogen-bond acceptors (Lipinski definition) is 4.